The van der Waals surface area contributed by atoms with E-state index < -0.39 is 0 Å². The average molecular weight is 230 g/mol. The van der Waals surface area contributed by atoms with Crippen LogP contribution in [0.3, 0.4) is 0 Å². The molecular weight excluding hydrogens is 216 g/mol. The molecule has 0 bridgehead atoms. The molecule has 0 unspecified atom stereocenters. The van der Waals surface area contributed by atoms with Crippen molar-refractivity contribution in [1.82, 2.24) is 0 Å². The van der Waals surface area contributed by atoms with Gasteiger partial charge < -0.3 is 15.3 Å². The van der Waals surface area contributed by atoms with Crippen molar-refractivity contribution >= 4 is 0 Å². The number of hydrogen-bond donors (Lipinski definition) is 3. The van der Waals surface area contributed by atoms with Crippen LogP contribution in [0.2, 0.25) is 0 Å². The topological polar surface area (TPSA) is 60.7 Å². The van der Waals surface area contributed by atoms with Crippen molar-refractivity contribution in [3.63, 3.8) is 0 Å². The Balaban J connectivity index is 2.64. The smallest absolute Gasteiger partial charge is 0.127 e. The summed E-state index contributed by atoms with van der Waals surface area (Å²) in [5, 5.41) is 29.1. The maximum Gasteiger partial charge on any atom is 0.127 e. The van der Waals surface area contributed by atoms with E-state index in [-0.39, 0.29) is 17.2 Å². The monoisotopic (exact) mass is 230 g/mol. The van der Waals surface area contributed by atoms with Gasteiger partial charge in [0.15, 0.2) is 0 Å². The van der Waals surface area contributed by atoms with Crippen LogP contribution in [0, 0.1) is 0 Å². The fourth-order valence-electron chi connectivity index (χ4n) is 1.85. The molecule has 0 aliphatic carbocycles. The Morgan fingerprint density at radius 1 is 0.941 bits per heavy atom. The number of hydrogen-bond acceptors (Lipinski definition) is 3. The molecule has 3 nitrogen and oxygen atoms in total. The lowest BCUT2D eigenvalue weighted by Gasteiger charge is -2.09. The molecule has 0 aliphatic rings. The minimum absolute atomic E-state index is 0.00217. The van der Waals surface area contributed by atoms with Gasteiger partial charge in [0.05, 0.1) is 5.56 Å². The fraction of sp³-hybridized carbons (Fsp3) is 0.143. The van der Waals surface area contributed by atoms with E-state index in [1.165, 1.54) is 18.2 Å². The van der Waals surface area contributed by atoms with Gasteiger partial charge in [-0.05, 0) is 41.8 Å². The average Bonchev–Trinajstić information content (AvgIpc) is 2.28. The zero-order chi connectivity index (χ0) is 12.4. The van der Waals surface area contributed by atoms with Gasteiger partial charge in [-0.2, -0.15) is 0 Å². The van der Waals surface area contributed by atoms with Gasteiger partial charge in [0.25, 0.3) is 0 Å². The molecule has 2 rings (SSSR count). The second-order valence-corrected chi connectivity index (χ2v) is 3.91. The molecule has 0 radical (unpaired) electrons. The Morgan fingerprint density at radius 2 is 1.59 bits per heavy atom. The van der Waals surface area contributed by atoms with E-state index in [0.29, 0.717) is 11.1 Å². The molecule has 2 aromatic carbocycles. The van der Waals surface area contributed by atoms with Gasteiger partial charge in [0.1, 0.15) is 17.2 Å². The Labute approximate surface area is 99.6 Å². The van der Waals surface area contributed by atoms with Crippen LogP contribution in [-0.2, 0) is 6.42 Å². The molecule has 88 valence electrons. The summed E-state index contributed by atoms with van der Waals surface area (Å²) in [4.78, 5) is 0. The van der Waals surface area contributed by atoms with Crippen molar-refractivity contribution < 1.29 is 15.3 Å². The summed E-state index contributed by atoms with van der Waals surface area (Å²) in [6.45, 7) is 1.98. The van der Waals surface area contributed by atoms with Gasteiger partial charge in [-0.1, -0.05) is 19.1 Å². The Bertz CT molecular complexity index is 527. The first-order valence-corrected chi connectivity index (χ1v) is 5.46. The number of phenols is 3. The van der Waals surface area contributed by atoms with Gasteiger partial charge >= 0.3 is 0 Å². The molecule has 0 fully saturated rings. The van der Waals surface area contributed by atoms with E-state index in [1.807, 2.05) is 13.0 Å². The van der Waals surface area contributed by atoms with Crippen LogP contribution in [0.15, 0.2) is 36.4 Å². The number of aryl methyl sites for hydroxylation is 1. The Hall–Kier alpha value is -2.16. The third kappa shape index (κ3) is 2.18. The van der Waals surface area contributed by atoms with Gasteiger partial charge in [-0.3, -0.25) is 0 Å². The van der Waals surface area contributed by atoms with Crippen molar-refractivity contribution in [2.75, 3.05) is 0 Å². The Morgan fingerprint density at radius 3 is 2.18 bits per heavy atom. The van der Waals surface area contributed by atoms with E-state index in [1.54, 1.807) is 12.1 Å². The first-order chi connectivity index (χ1) is 8.11. The largest absolute Gasteiger partial charge is 0.508 e. The second-order valence-electron chi connectivity index (χ2n) is 3.91. The van der Waals surface area contributed by atoms with Gasteiger partial charge in [0, 0.05) is 0 Å². The molecule has 0 spiro atoms. The quantitative estimate of drug-likeness (QED) is 0.743. The van der Waals surface area contributed by atoms with Gasteiger partial charge in [-0.15, -0.1) is 0 Å². The third-order valence-corrected chi connectivity index (χ3v) is 2.69. The summed E-state index contributed by atoms with van der Waals surface area (Å²) in [5.74, 6) is 0.123. The van der Waals surface area contributed by atoms with E-state index >= 15 is 0 Å². The van der Waals surface area contributed by atoms with E-state index in [9.17, 15) is 15.3 Å². The highest BCUT2D eigenvalue weighted by atomic mass is 16.3. The molecule has 0 saturated carbocycles. The lowest BCUT2D eigenvalue weighted by Crippen LogP contribution is -1.85. The van der Waals surface area contributed by atoms with Crippen LogP contribution in [0.25, 0.3) is 11.1 Å². The van der Waals surface area contributed by atoms with Crippen LogP contribution >= 0.6 is 0 Å². The number of aromatic hydroxyl groups is 3. The maximum atomic E-state index is 9.76. The highest BCUT2D eigenvalue weighted by Gasteiger charge is 2.11. The van der Waals surface area contributed by atoms with Gasteiger partial charge in [-0.25, -0.2) is 0 Å². The SMILES string of the molecule is CCc1cc(O)cc(-c2c(O)cccc2O)c1. The van der Waals surface area contributed by atoms with Crippen molar-refractivity contribution in [2.24, 2.45) is 0 Å². The molecular formula is C14H14O3. The summed E-state index contributed by atoms with van der Waals surface area (Å²) in [6.07, 6.45) is 0.774. The molecule has 0 atom stereocenters. The molecule has 0 amide bonds. The predicted molar refractivity (Wildman–Crippen MR) is 66.3 cm³/mol. The highest BCUT2D eigenvalue weighted by molar-refractivity contribution is 5.77. The summed E-state index contributed by atoms with van der Waals surface area (Å²) < 4.78 is 0. The minimum atomic E-state index is -0.00217. The van der Waals surface area contributed by atoms with Crippen LogP contribution in [0.4, 0.5) is 0 Å². The molecule has 3 N–H and O–H groups in total. The molecule has 0 heterocycles. The van der Waals surface area contributed by atoms with Crippen molar-refractivity contribution in [2.45, 2.75) is 13.3 Å². The molecule has 17 heavy (non-hydrogen) atoms. The molecule has 0 saturated heterocycles. The number of phenolic OH excluding ortho intramolecular Hbond substituents is 3. The predicted octanol–water partition coefficient (Wildman–Crippen LogP) is 3.03. The first kappa shape index (κ1) is 11.3. The number of rotatable bonds is 2. The van der Waals surface area contributed by atoms with E-state index in [2.05, 4.69) is 0 Å². The Kier molecular flexibility index (Phi) is 2.91. The van der Waals surface area contributed by atoms with E-state index in [0.717, 1.165) is 12.0 Å². The standard InChI is InChI=1S/C14H14O3/c1-2-9-6-10(8-11(15)7-9)14-12(16)4-3-5-13(14)17/h3-8,15-17H,2H2,1H3. The summed E-state index contributed by atoms with van der Waals surface area (Å²) >= 11 is 0. The van der Waals surface area contributed by atoms with Crippen LogP contribution in [0.1, 0.15) is 12.5 Å². The second kappa shape index (κ2) is 4.37. The third-order valence-electron chi connectivity index (χ3n) is 2.69. The summed E-state index contributed by atoms with van der Waals surface area (Å²) in [7, 11) is 0. The van der Waals surface area contributed by atoms with Crippen LogP contribution in [0.5, 0.6) is 17.2 Å². The normalized spacial score (nSPS) is 10.4. The zero-order valence-electron chi connectivity index (χ0n) is 9.51. The number of benzene rings is 2. The molecule has 0 aromatic heterocycles. The van der Waals surface area contributed by atoms with Gasteiger partial charge in [0.2, 0.25) is 0 Å². The summed E-state index contributed by atoms with van der Waals surface area (Å²) in [6, 6.07) is 9.61. The van der Waals surface area contributed by atoms with Crippen molar-refractivity contribution in [3.8, 4) is 28.4 Å². The van der Waals surface area contributed by atoms with Crippen LogP contribution < -0.4 is 0 Å². The zero-order valence-corrected chi connectivity index (χ0v) is 9.51. The lowest BCUT2D eigenvalue weighted by atomic mass is 10.00. The summed E-state index contributed by atoms with van der Waals surface area (Å²) in [5.41, 5.74) is 1.90. The highest BCUT2D eigenvalue weighted by Crippen LogP contribution is 2.38. The van der Waals surface area contributed by atoms with E-state index in [4.69, 9.17) is 0 Å². The lowest BCUT2D eigenvalue weighted by molar-refractivity contribution is 0.454. The van der Waals surface area contributed by atoms with Crippen molar-refractivity contribution in [3.05, 3.63) is 42.0 Å². The first-order valence-electron chi connectivity index (χ1n) is 5.46. The molecule has 2 aromatic rings. The maximum absolute atomic E-state index is 9.76. The van der Waals surface area contributed by atoms with Crippen LogP contribution in [-0.4, -0.2) is 15.3 Å². The molecule has 0 aliphatic heterocycles. The molecule has 3 heteroatoms. The minimum Gasteiger partial charge on any atom is -0.508 e. The van der Waals surface area contributed by atoms with Crippen molar-refractivity contribution in [1.29, 1.82) is 0 Å². The fourth-order valence-corrected chi connectivity index (χ4v) is 1.85.